The predicted octanol–water partition coefficient (Wildman–Crippen LogP) is 2.96. The lowest BCUT2D eigenvalue weighted by atomic mass is 10.00. The standard InChI is InChI=1S/C20H18F2N2O3/c21-14-7-6-13(11-15(14)22)18-17(8-9-27-18)24-19(25)16(23-20(24)26)10-12-4-2-1-3-5-12/h1-7,11,16-18H,8-10H2,(H,23,26)/t16?,17-,18+/m1/s1. The van der Waals surface area contributed by atoms with Gasteiger partial charge in [0.25, 0.3) is 5.91 Å². The first-order valence-electron chi connectivity index (χ1n) is 8.78. The normalized spacial score (nSPS) is 25.1. The molecule has 0 spiro atoms. The van der Waals surface area contributed by atoms with Gasteiger partial charge in [-0.2, -0.15) is 0 Å². The van der Waals surface area contributed by atoms with Crippen molar-refractivity contribution in [2.45, 2.75) is 31.0 Å². The number of ether oxygens (including phenoxy) is 1. The number of hydrogen-bond donors (Lipinski definition) is 1. The number of nitrogens with one attached hydrogen (secondary N) is 1. The third-order valence-electron chi connectivity index (χ3n) is 5.00. The zero-order chi connectivity index (χ0) is 19.0. The smallest absolute Gasteiger partial charge is 0.325 e. The molecule has 0 bridgehead atoms. The fourth-order valence-corrected chi connectivity index (χ4v) is 3.70. The van der Waals surface area contributed by atoms with Crippen LogP contribution in [-0.4, -0.2) is 35.5 Å². The van der Waals surface area contributed by atoms with Gasteiger partial charge in [-0.3, -0.25) is 9.69 Å². The molecule has 2 aromatic carbocycles. The second kappa shape index (κ2) is 7.08. The van der Waals surface area contributed by atoms with Crippen LogP contribution in [0.4, 0.5) is 13.6 Å². The lowest BCUT2D eigenvalue weighted by molar-refractivity contribution is -0.129. The number of nitrogens with zero attached hydrogens (tertiary/aromatic N) is 1. The number of benzene rings is 2. The van der Waals surface area contributed by atoms with Crippen LogP contribution in [0.3, 0.4) is 0 Å². The summed E-state index contributed by atoms with van der Waals surface area (Å²) < 4.78 is 32.5. The number of urea groups is 1. The van der Waals surface area contributed by atoms with E-state index in [4.69, 9.17) is 4.74 Å². The van der Waals surface area contributed by atoms with Crippen molar-refractivity contribution < 1.29 is 23.1 Å². The van der Waals surface area contributed by atoms with Gasteiger partial charge in [-0.1, -0.05) is 36.4 Å². The molecule has 0 radical (unpaired) electrons. The molecule has 1 unspecified atom stereocenters. The highest BCUT2D eigenvalue weighted by Gasteiger charge is 2.47. The SMILES string of the molecule is O=C1NC(Cc2ccccc2)C(=O)N1[C@@H]1CCO[C@H]1c1ccc(F)c(F)c1. The molecule has 2 aromatic rings. The number of hydrogen-bond acceptors (Lipinski definition) is 3. The number of carbonyl (C=O) groups is 2. The minimum atomic E-state index is -0.985. The minimum absolute atomic E-state index is 0.327. The maximum Gasteiger partial charge on any atom is 0.325 e. The van der Waals surface area contributed by atoms with Gasteiger partial charge in [-0.05, 0) is 29.7 Å². The summed E-state index contributed by atoms with van der Waals surface area (Å²) in [7, 11) is 0. The highest BCUT2D eigenvalue weighted by molar-refractivity contribution is 6.04. The Morgan fingerprint density at radius 3 is 2.59 bits per heavy atom. The summed E-state index contributed by atoms with van der Waals surface area (Å²) in [6.07, 6.45) is 0.164. The molecule has 0 saturated carbocycles. The van der Waals surface area contributed by atoms with Crippen LogP contribution in [0.1, 0.15) is 23.7 Å². The number of rotatable bonds is 4. The molecule has 3 amide bonds. The van der Waals surface area contributed by atoms with E-state index < -0.39 is 35.9 Å². The van der Waals surface area contributed by atoms with Crippen LogP contribution in [0.25, 0.3) is 0 Å². The average Bonchev–Trinajstić information content (AvgIpc) is 3.23. The number of halogens is 2. The van der Waals surface area contributed by atoms with Crippen molar-refractivity contribution in [3.05, 3.63) is 71.3 Å². The predicted molar refractivity (Wildman–Crippen MR) is 92.8 cm³/mol. The van der Waals surface area contributed by atoms with Gasteiger partial charge in [0.15, 0.2) is 11.6 Å². The van der Waals surface area contributed by atoms with E-state index in [0.717, 1.165) is 17.7 Å². The summed E-state index contributed by atoms with van der Waals surface area (Å²) in [5.74, 6) is -2.26. The number of carbonyl (C=O) groups excluding carboxylic acids is 2. The molecule has 2 heterocycles. The van der Waals surface area contributed by atoms with E-state index in [9.17, 15) is 18.4 Å². The molecule has 5 nitrogen and oxygen atoms in total. The average molecular weight is 372 g/mol. The van der Waals surface area contributed by atoms with Gasteiger partial charge in [0.1, 0.15) is 12.1 Å². The van der Waals surface area contributed by atoms with Crippen LogP contribution >= 0.6 is 0 Å². The van der Waals surface area contributed by atoms with Crippen LogP contribution in [-0.2, 0) is 16.0 Å². The molecule has 7 heteroatoms. The van der Waals surface area contributed by atoms with E-state index in [1.807, 2.05) is 30.3 Å². The van der Waals surface area contributed by atoms with Gasteiger partial charge in [-0.15, -0.1) is 0 Å². The molecule has 1 N–H and O–H groups in total. The molecule has 4 rings (SSSR count). The Hall–Kier alpha value is -2.80. The molecule has 140 valence electrons. The minimum Gasteiger partial charge on any atom is -0.371 e. The quantitative estimate of drug-likeness (QED) is 0.840. The molecule has 2 saturated heterocycles. The van der Waals surface area contributed by atoms with Crippen LogP contribution < -0.4 is 5.32 Å². The van der Waals surface area contributed by atoms with Gasteiger partial charge in [0, 0.05) is 13.0 Å². The number of amides is 3. The summed E-state index contributed by atoms with van der Waals surface area (Å²) >= 11 is 0. The lowest BCUT2D eigenvalue weighted by Gasteiger charge is -2.26. The highest BCUT2D eigenvalue weighted by atomic mass is 19.2. The third-order valence-corrected chi connectivity index (χ3v) is 5.00. The Morgan fingerprint density at radius 1 is 1.07 bits per heavy atom. The summed E-state index contributed by atoms with van der Waals surface area (Å²) in [4.78, 5) is 26.5. The van der Waals surface area contributed by atoms with E-state index >= 15 is 0 Å². The first-order valence-corrected chi connectivity index (χ1v) is 8.78. The molecule has 2 aliphatic heterocycles. The van der Waals surface area contributed by atoms with Crippen LogP contribution in [0.2, 0.25) is 0 Å². The van der Waals surface area contributed by atoms with E-state index in [0.29, 0.717) is 25.0 Å². The van der Waals surface area contributed by atoms with Crippen molar-refractivity contribution >= 4 is 11.9 Å². The van der Waals surface area contributed by atoms with Crippen molar-refractivity contribution in [1.29, 1.82) is 0 Å². The summed E-state index contributed by atoms with van der Waals surface area (Å²) in [5, 5.41) is 2.72. The topological polar surface area (TPSA) is 58.6 Å². The molecule has 2 fully saturated rings. The van der Waals surface area contributed by atoms with Gasteiger partial charge >= 0.3 is 6.03 Å². The number of imide groups is 1. The summed E-state index contributed by atoms with van der Waals surface area (Å²) in [6.45, 7) is 0.328. The van der Waals surface area contributed by atoms with Crippen molar-refractivity contribution in [2.75, 3.05) is 6.61 Å². The maximum absolute atomic E-state index is 13.6. The fraction of sp³-hybridized carbons (Fsp3) is 0.300. The molecule has 3 atom stereocenters. The Balaban J connectivity index is 1.55. The van der Waals surface area contributed by atoms with E-state index in [1.54, 1.807) is 0 Å². The Bertz CT molecular complexity index is 875. The Morgan fingerprint density at radius 2 is 1.85 bits per heavy atom. The molecule has 0 aromatic heterocycles. The second-order valence-electron chi connectivity index (χ2n) is 6.72. The molecule has 0 aliphatic carbocycles. The summed E-state index contributed by atoms with van der Waals surface area (Å²) in [5.41, 5.74) is 1.35. The van der Waals surface area contributed by atoms with Crippen molar-refractivity contribution in [1.82, 2.24) is 10.2 Å². The zero-order valence-electron chi connectivity index (χ0n) is 14.4. The van der Waals surface area contributed by atoms with E-state index in [1.165, 1.54) is 11.0 Å². The maximum atomic E-state index is 13.6. The Kier molecular flexibility index (Phi) is 4.61. The van der Waals surface area contributed by atoms with Gasteiger partial charge in [0.05, 0.1) is 6.04 Å². The third kappa shape index (κ3) is 3.30. The van der Waals surface area contributed by atoms with Crippen LogP contribution in [0.15, 0.2) is 48.5 Å². The molecule has 27 heavy (non-hydrogen) atoms. The second-order valence-corrected chi connectivity index (χ2v) is 6.72. The van der Waals surface area contributed by atoms with Gasteiger partial charge < -0.3 is 10.1 Å². The van der Waals surface area contributed by atoms with Crippen LogP contribution in [0.5, 0.6) is 0 Å². The van der Waals surface area contributed by atoms with Gasteiger partial charge in [-0.25, -0.2) is 13.6 Å². The van der Waals surface area contributed by atoms with Gasteiger partial charge in [0.2, 0.25) is 0 Å². The summed E-state index contributed by atoms with van der Waals surface area (Å²) in [6, 6.07) is 11.2. The first kappa shape index (κ1) is 17.6. The van der Waals surface area contributed by atoms with E-state index in [-0.39, 0.29) is 5.91 Å². The lowest BCUT2D eigenvalue weighted by Crippen LogP contribution is -2.42. The van der Waals surface area contributed by atoms with Crippen molar-refractivity contribution in [3.8, 4) is 0 Å². The largest absolute Gasteiger partial charge is 0.371 e. The van der Waals surface area contributed by atoms with E-state index in [2.05, 4.69) is 5.32 Å². The zero-order valence-corrected chi connectivity index (χ0v) is 14.4. The molecular formula is C20H18F2N2O3. The molecular weight excluding hydrogens is 354 g/mol. The molecule has 2 aliphatic rings. The highest BCUT2D eigenvalue weighted by Crippen LogP contribution is 2.35. The van der Waals surface area contributed by atoms with Crippen molar-refractivity contribution in [3.63, 3.8) is 0 Å². The monoisotopic (exact) mass is 372 g/mol. The van der Waals surface area contributed by atoms with Crippen LogP contribution in [0, 0.1) is 11.6 Å². The van der Waals surface area contributed by atoms with Crippen molar-refractivity contribution in [2.24, 2.45) is 0 Å². The fourth-order valence-electron chi connectivity index (χ4n) is 3.70. The Labute approximate surface area is 154 Å². The first-order chi connectivity index (χ1) is 13.0.